The predicted octanol–water partition coefficient (Wildman–Crippen LogP) is 17.5. The molecule has 0 radical (unpaired) electrons. The summed E-state index contributed by atoms with van der Waals surface area (Å²) in [5, 5.41) is 4.83. The Balaban J connectivity index is 0.000000277. The third-order valence-corrected chi connectivity index (χ3v) is 13.8. The molecule has 71 heavy (non-hydrogen) atoms. The maximum absolute atomic E-state index is 4.53. The van der Waals surface area contributed by atoms with Gasteiger partial charge in [0.15, 0.2) is 0 Å². The lowest BCUT2D eigenvalue weighted by molar-refractivity contribution is 0.597. The van der Waals surface area contributed by atoms with Crippen molar-refractivity contribution in [3.05, 3.63) is 256 Å². The number of rotatable bonds is 7. The highest BCUT2D eigenvalue weighted by Crippen LogP contribution is 2.49. The summed E-state index contributed by atoms with van der Waals surface area (Å²) in [7, 11) is 5.79. The Morgan fingerprint density at radius 3 is 1.86 bits per heavy atom. The van der Waals surface area contributed by atoms with Crippen molar-refractivity contribution in [2.24, 2.45) is 0 Å². The van der Waals surface area contributed by atoms with E-state index in [1.54, 1.807) is 0 Å². The number of allylic oxidation sites excluding steroid dienone is 7. The van der Waals surface area contributed by atoms with Gasteiger partial charge in [-0.2, -0.15) is 0 Å². The zero-order valence-electron chi connectivity index (χ0n) is 43.8. The van der Waals surface area contributed by atoms with Crippen LogP contribution in [0.15, 0.2) is 201 Å². The summed E-state index contributed by atoms with van der Waals surface area (Å²) in [6, 6.07) is 61.7. The van der Waals surface area contributed by atoms with Gasteiger partial charge in [0.05, 0.1) is 0 Å². The van der Waals surface area contributed by atoms with Crippen LogP contribution in [0, 0.1) is 20.8 Å². The number of hydrazine groups is 1. The van der Waals surface area contributed by atoms with Gasteiger partial charge in [-0.3, -0.25) is 0 Å². The van der Waals surface area contributed by atoms with Crippen LogP contribution in [-0.4, -0.2) is 26.2 Å². The van der Waals surface area contributed by atoms with E-state index in [0.717, 1.165) is 24.8 Å². The molecule has 3 heteroatoms. The molecule has 11 rings (SSSR count). The quantitative estimate of drug-likeness (QED) is 0.156. The molecule has 7 aromatic carbocycles. The van der Waals surface area contributed by atoms with Crippen LogP contribution in [0.4, 0.5) is 0 Å². The molecule has 7 aromatic rings. The first-order valence-electron chi connectivity index (χ1n) is 26.1. The smallest absolute Gasteiger partial charge is 0.112 e. The minimum absolute atomic E-state index is 0.371. The van der Waals surface area contributed by atoms with Crippen LogP contribution in [0.25, 0.3) is 39.0 Å². The summed E-state index contributed by atoms with van der Waals surface area (Å²) in [5.41, 5.74) is 26.1. The van der Waals surface area contributed by atoms with Crippen molar-refractivity contribution in [3.63, 3.8) is 0 Å². The minimum Gasteiger partial charge on any atom is -0.323 e. The van der Waals surface area contributed by atoms with Crippen LogP contribution < -0.4 is 10.7 Å². The van der Waals surface area contributed by atoms with Gasteiger partial charge in [-0.05, 0) is 187 Å². The molecule has 3 unspecified atom stereocenters. The highest BCUT2D eigenvalue weighted by atomic mass is 15.7. The summed E-state index contributed by atoms with van der Waals surface area (Å²) in [6.45, 7) is 15.2. The van der Waals surface area contributed by atoms with Crippen LogP contribution in [0.3, 0.4) is 0 Å². The second-order valence-corrected chi connectivity index (χ2v) is 19.0. The highest BCUT2D eigenvalue weighted by Gasteiger charge is 2.31. The average Bonchev–Trinajstić information content (AvgIpc) is 4.37. The molecule has 1 heterocycles. The Morgan fingerprint density at radius 1 is 0.592 bits per heavy atom. The van der Waals surface area contributed by atoms with Gasteiger partial charge in [0, 0.05) is 13.0 Å². The normalized spacial score (nSPS) is 18.9. The zero-order valence-corrected chi connectivity index (χ0v) is 43.8. The zero-order chi connectivity index (χ0) is 50.1. The Hall–Kier alpha value is -6.62. The van der Waals surface area contributed by atoms with Gasteiger partial charge in [-0.1, -0.05) is 208 Å². The Labute approximate surface area is 427 Å². The second kappa shape index (κ2) is 26.0. The lowest BCUT2D eigenvalue weighted by Crippen LogP contribution is -2.09. The van der Waals surface area contributed by atoms with E-state index < -0.39 is 0 Å². The molecule has 3 nitrogen and oxygen atoms in total. The number of fused-ring (bicyclic) bond motifs is 1. The lowest BCUT2D eigenvalue weighted by atomic mass is 9.75. The first kappa shape index (κ1) is 52.2. The molecule has 0 spiro atoms. The van der Waals surface area contributed by atoms with E-state index in [2.05, 4.69) is 213 Å². The number of nitrogens with zero attached hydrogens (tertiary/aromatic N) is 1. The van der Waals surface area contributed by atoms with E-state index >= 15 is 0 Å². The summed E-state index contributed by atoms with van der Waals surface area (Å²) in [6.07, 6.45) is 18.1. The molecule has 4 aliphatic rings. The van der Waals surface area contributed by atoms with Gasteiger partial charge in [0.1, 0.15) is 6.17 Å². The molecule has 1 saturated carbocycles. The van der Waals surface area contributed by atoms with Crippen molar-refractivity contribution >= 4 is 16.7 Å². The standard InChI is InChI=1S/C49H46.C8H10N2.C7H8.C2H7N.C2H6/c1-33-15-4-8-20-41(33)45-21-10-12-23-47(45)48-24-13-11-22-46(48)42-25-14-26-43(35(42)3)49-32-39(29-30-44(49)37-27-28-37)38-18-6-5-16-36-17-7-9-19-40(36)34(2)31-38;1-10-8(9-10)7-5-3-2-4-6-7;1-7-5-3-2-4-6-7;1-3-2;1-2/h4,6-10,12,14-15,17-23,25-26,29-32,37,48H,2,5,11,13,16,24,27-28H2,1,3H3;2-6,8-9H,1H3;2-6H,1H3;3H,1-2H3;1-2H3/b18-6-,38-31+;;;;. The number of aryl methyl sites for hydroxylation is 3. The van der Waals surface area contributed by atoms with E-state index in [0.29, 0.717) is 18.0 Å². The van der Waals surface area contributed by atoms with Gasteiger partial charge >= 0.3 is 0 Å². The summed E-state index contributed by atoms with van der Waals surface area (Å²) in [4.78, 5) is 0. The third-order valence-electron chi connectivity index (χ3n) is 13.8. The molecule has 3 atom stereocenters. The van der Waals surface area contributed by atoms with Gasteiger partial charge < -0.3 is 5.32 Å². The molecule has 0 aromatic heterocycles. The Kier molecular flexibility index (Phi) is 19.1. The van der Waals surface area contributed by atoms with Crippen LogP contribution in [-0.2, 0) is 6.42 Å². The van der Waals surface area contributed by atoms with Crippen LogP contribution in [0.1, 0.15) is 126 Å². The maximum atomic E-state index is 4.53. The molecule has 1 saturated heterocycles. The van der Waals surface area contributed by atoms with Gasteiger partial charge in [0.2, 0.25) is 0 Å². The fourth-order valence-electron chi connectivity index (χ4n) is 10.0. The molecular weight excluding hydrogens is 859 g/mol. The van der Waals surface area contributed by atoms with Crippen molar-refractivity contribution in [2.45, 2.75) is 97.6 Å². The predicted molar refractivity (Wildman–Crippen MR) is 308 cm³/mol. The van der Waals surface area contributed by atoms with Crippen molar-refractivity contribution in [1.29, 1.82) is 0 Å². The first-order valence-corrected chi connectivity index (χ1v) is 26.1. The lowest BCUT2D eigenvalue weighted by Gasteiger charge is -2.29. The topological polar surface area (TPSA) is 37.0 Å². The van der Waals surface area contributed by atoms with Gasteiger partial charge in [-0.15, -0.1) is 0 Å². The van der Waals surface area contributed by atoms with Crippen molar-refractivity contribution in [3.8, 4) is 22.3 Å². The van der Waals surface area contributed by atoms with E-state index in [1.165, 1.54) is 115 Å². The van der Waals surface area contributed by atoms with Crippen molar-refractivity contribution < 1.29 is 0 Å². The van der Waals surface area contributed by atoms with E-state index in [-0.39, 0.29) is 0 Å². The molecule has 0 amide bonds. The van der Waals surface area contributed by atoms with E-state index in [4.69, 9.17) is 0 Å². The molecule has 364 valence electrons. The molecule has 1 aliphatic heterocycles. The SMILES string of the molecule is C=C1/C=C(c2ccc(C3CC3)c(-c3cccc(C4=CCCCC4c4ccccc4-c4ccccc4C)c3C)c2)\C=C/CCc2ccccc21.CC.CN1NC1c1ccccc1.CNC.Cc1ccccc1. The molecular formula is C68H77N3. The molecule has 2 N–H and O–H groups in total. The monoisotopic (exact) mass is 936 g/mol. The molecule has 0 bridgehead atoms. The molecule has 3 aliphatic carbocycles. The maximum Gasteiger partial charge on any atom is 0.112 e. The van der Waals surface area contributed by atoms with Crippen LogP contribution >= 0.6 is 0 Å². The van der Waals surface area contributed by atoms with Gasteiger partial charge in [0.25, 0.3) is 0 Å². The van der Waals surface area contributed by atoms with Crippen LogP contribution in [0.2, 0.25) is 0 Å². The third kappa shape index (κ3) is 13.6. The van der Waals surface area contributed by atoms with Crippen molar-refractivity contribution in [1.82, 2.24) is 15.8 Å². The minimum atomic E-state index is 0.371. The summed E-state index contributed by atoms with van der Waals surface area (Å²) < 4.78 is 0. The summed E-state index contributed by atoms with van der Waals surface area (Å²) >= 11 is 0. The fourth-order valence-corrected chi connectivity index (χ4v) is 10.0. The van der Waals surface area contributed by atoms with Crippen molar-refractivity contribution in [2.75, 3.05) is 21.1 Å². The number of benzene rings is 7. The summed E-state index contributed by atoms with van der Waals surface area (Å²) in [5.74, 6) is 1.03. The average molecular weight is 936 g/mol. The number of hydrogen-bond donors (Lipinski definition) is 2. The first-order chi connectivity index (χ1) is 34.7. The van der Waals surface area contributed by atoms with E-state index in [1.807, 2.05) is 59.3 Å². The molecule has 2 fully saturated rings. The Bertz CT molecular complexity index is 2910. The van der Waals surface area contributed by atoms with E-state index in [9.17, 15) is 0 Å². The largest absolute Gasteiger partial charge is 0.323 e. The fraction of sp³-hybridized carbons (Fsp3) is 0.265. The number of hydrogen-bond acceptors (Lipinski definition) is 3. The van der Waals surface area contributed by atoms with Crippen LogP contribution in [0.5, 0.6) is 0 Å². The number of nitrogens with one attached hydrogen (secondary N) is 2. The Morgan fingerprint density at radius 2 is 1.20 bits per heavy atom. The van der Waals surface area contributed by atoms with Gasteiger partial charge in [-0.25, -0.2) is 10.4 Å². The second-order valence-electron chi connectivity index (χ2n) is 19.0. The highest BCUT2D eigenvalue weighted by molar-refractivity contribution is 5.90.